The summed E-state index contributed by atoms with van der Waals surface area (Å²) in [5, 5.41) is 5.86. The first-order chi connectivity index (χ1) is 16.4. The number of amides is 2. The Kier molecular flexibility index (Phi) is 7.27. The maximum atomic E-state index is 12.9. The summed E-state index contributed by atoms with van der Waals surface area (Å²) in [5.41, 5.74) is 1.31. The minimum atomic E-state index is -3.78. The summed E-state index contributed by atoms with van der Waals surface area (Å²) in [6, 6.07) is 21.2. The molecule has 0 aromatic heterocycles. The Labute approximate surface area is 199 Å². The summed E-state index contributed by atoms with van der Waals surface area (Å²) in [6.07, 6.45) is 5.33. The first-order valence-corrected chi connectivity index (χ1v) is 12.8. The maximum Gasteiger partial charge on any atom is 0.261 e. The molecule has 176 valence electrons. The van der Waals surface area contributed by atoms with Crippen molar-refractivity contribution in [3.8, 4) is 0 Å². The molecule has 0 radical (unpaired) electrons. The molecule has 1 saturated carbocycles. The number of para-hydroxylation sites is 1. The Morgan fingerprint density at radius 1 is 0.765 bits per heavy atom. The van der Waals surface area contributed by atoms with Gasteiger partial charge >= 0.3 is 0 Å². The molecule has 34 heavy (non-hydrogen) atoms. The van der Waals surface area contributed by atoms with Crippen LogP contribution in [0.25, 0.3) is 0 Å². The molecule has 1 aliphatic carbocycles. The van der Waals surface area contributed by atoms with Gasteiger partial charge in [-0.15, -0.1) is 0 Å². The number of carbonyl (C=O) groups is 2. The zero-order chi connectivity index (χ0) is 24.0. The average molecular weight is 478 g/mol. The molecule has 3 N–H and O–H groups in total. The molecule has 4 rings (SSSR count). The number of sulfonamides is 1. The molecule has 3 aromatic rings. The third-order valence-electron chi connectivity index (χ3n) is 5.79. The first-order valence-electron chi connectivity index (χ1n) is 11.3. The van der Waals surface area contributed by atoms with E-state index in [0.29, 0.717) is 11.3 Å². The molecule has 0 spiro atoms. The van der Waals surface area contributed by atoms with E-state index in [4.69, 9.17) is 0 Å². The molecule has 8 heteroatoms. The Bertz CT molecular complexity index is 1270. The van der Waals surface area contributed by atoms with Crippen molar-refractivity contribution in [1.82, 2.24) is 5.32 Å². The lowest BCUT2D eigenvalue weighted by atomic mass is 9.95. The van der Waals surface area contributed by atoms with Crippen molar-refractivity contribution in [2.24, 2.45) is 0 Å². The number of carbonyl (C=O) groups excluding carboxylic acids is 2. The van der Waals surface area contributed by atoms with Gasteiger partial charge < -0.3 is 10.6 Å². The normalized spacial score (nSPS) is 14.2. The van der Waals surface area contributed by atoms with Crippen LogP contribution in [0.5, 0.6) is 0 Å². The quantitative estimate of drug-likeness (QED) is 0.455. The highest BCUT2D eigenvalue weighted by Crippen LogP contribution is 2.22. The van der Waals surface area contributed by atoms with Crippen molar-refractivity contribution >= 4 is 33.2 Å². The Morgan fingerprint density at radius 3 is 2.24 bits per heavy atom. The molecule has 0 atom stereocenters. The van der Waals surface area contributed by atoms with Gasteiger partial charge in [-0.25, -0.2) is 8.42 Å². The van der Waals surface area contributed by atoms with E-state index in [0.717, 1.165) is 25.7 Å². The van der Waals surface area contributed by atoms with E-state index < -0.39 is 15.9 Å². The predicted molar refractivity (Wildman–Crippen MR) is 132 cm³/mol. The monoisotopic (exact) mass is 477 g/mol. The predicted octanol–water partition coefficient (Wildman–Crippen LogP) is 4.80. The van der Waals surface area contributed by atoms with Crippen LogP contribution >= 0.6 is 0 Å². The number of anilines is 2. The van der Waals surface area contributed by atoms with Gasteiger partial charge in [-0.1, -0.05) is 55.7 Å². The molecule has 7 nitrogen and oxygen atoms in total. The zero-order valence-electron chi connectivity index (χ0n) is 18.7. The van der Waals surface area contributed by atoms with Crippen LogP contribution < -0.4 is 15.4 Å². The van der Waals surface area contributed by atoms with E-state index in [1.165, 1.54) is 24.6 Å². The second-order valence-electron chi connectivity index (χ2n) is 8.31. The molecular formula is C26H27N3O4S. The van der Waals surface area contributed by atoms with Gasteiger partial charge in [-0.2, -0.15) is 0 Å². The van der Waals surface area contributed by atoms with Gasteiger partial charge in [-0.3, -0.25) is 14.3 Å². The zero-order valence-corrected chi connectivity index (χ0v) is 19.5. The van der Waals surface area contributed by atoms with E-state index in [-0.39, 0.29) is 28.1 Å². The van der Waals surface area contributed by atoms with Gasteiger partial charge in [0.05, 0.1) is 16.1 Å². The van der Waals surface area contributed by atoms with Crippen LogP contribution in [-0.4, -0.2) is 26.3 Å². The minimum absolute atomic E-state index is 0.128. The van der Waals surface area contributed by atoms with E-state index >= 15 is 0 Å². The summed E-state index contributed by atoms with van der Waals surface area (Å²) < 4.78 is 27.7. The van der Waals surface area contributed by atoms with Crippen molar-refractivity contribution < 1.29 is 18.0 Å². The Morgan fingerprint density at radius 2 is 1.47 bits per heavy atom. The average Bonchev–Trinajstić information content (AvgIpc) is 2.85. The van der Waals surface area contributed by atoms with E-state index in [2.05, 4.69) is 15.4 Å². The summed E-state index contributed by atoms with van der Waals surface area (Å²) >= 11 is 0. The molecule has 0 aliphatic heterocycles. The summed E-state index contributed by atoms with van der Waals surface area (Å²) in [6.45, 7) is 0. The summed E-state index contributed by atoms with van der Waals surface area (Å²) in [5.74, 6) is -0.661. The van der Waals surface area contributed by atoms with Crippen molar-refractivity contribution in [3.05, 3.63) is 90.0 Å². The first kappa shape index (κ1) is 23.5. The van der Waals surface area contributed by atoms with Crippen LogP contribution in [0.4, 0.5) is 11.4 Å². The van der Waals surface area contributed by atoms with Gasteiger partial charge in [0.15, 0.2) is 0 Å². The van der Waals surface area contributed by atoms with Crippen LogP contribution in [0.1, 0.15) is 52.8 Å². The van der Waals surface area contributed by atoms with Crippen molar-refractivity contribution in [2.75, 3.05) is 10.0 Å². The Hall–Kier alpha value is -3.65. The van der Waals surface area contributed by atoms with Crippen LogP contribution in [0, 0.1) is 0 Å². The molecule has 2 amide bonds. The fraction of sp³-hybridized carbons (Fsp3) is 0.231. The van der Waals surface area contributed by atoms with Gasteiger partial charge in [-0.05, 0) is 55.3 Å². The van der Waals surface area contributed by atoms with Gasteiger partial charge in [0.25, 0.3) is 21.8 Å². The fourth-order valence-electron chi connectivity index (χ4n) is 4.03. The standard InChI is InChI=1S/C26H27N3O4S/c30-25(19-10-9-13-21(18-19)29-34(32,33)22-14-5-2-6-15-22)28-24-17-8-7-16-23(24)26(31)27-20-11-3-1-4-12-20/h2,5-10,13-18,20,29H,1,3-4,11-12H2,(H,27,31)(H,28,30). The lowest BCUT2D eigenvalue weighted by molar-refractivity contribution is 0.0928. The molecule has 1 fully saturated rings. The summed E-state index contributed by atoms with van der Waals surface area (Å²) in [7, 11) is -3.78. The van der Waals surface area contributed by atoms with E-state index in [9.17, 15) is 18.0 Å². The van der Waals surface area contributed by atoms with Gasteiger partial charge in [0.2, 0.25) is 0 Å². The van der Waals surface area contributed by atoms with Gasteiger partial charge in [0.1, 0.15) is 0 Å². The number of benzene rings is 3. The molecule has 0 heterocycles. The second kappa shape index (κ2) is 10.5. The number of hydrogen-bond donors (Lipinski definition) is 3. The highest BCUT2D eigenvalue weighted by Gasteiger charge is 2.20. The van der Waals surface area contributed by atoms with Crippen molar-refractivity contribution in [3.63, 3.8) is 0 Å². The molecular weight excluding hydrogens is 450 g/mol. The van der Waals surface area contributed by atoms with Crippen LogP contribution in [0.15, 0.2) is 83.8 Å². The van der Waals surface area contributed by atoms with Crippen molar-refractivity contribution in [1.29, 1.82) is 0 Å². The number of nitrogens with one attached hydrogen (secondary N) is 3. The largest absolute Gasteiger partial charge is 0.349 e. The SMILES string of the molecule is O=C(Nc1ccccc1C(=O)NC1CCCCC1)c1cccc(NS(=O)(=O)c2ccccc2)c1. The molecule has 0 saturated heterocycles. The molecule has 0 unspecified atom stereocenters. The number of rotatable bonds is 7. The highest BCUT2D eigenvalue weighted by molar-refractivity contribution is 7.92. The Balaban J connectivity index is 1.48. The van der Waals surface area contributed by atoms with E-state index in [1.54, 1.807) is 60.7 Å². The summed E-state index contributed by atoms with van der Waals surface area (Å²) in [4.78, 5) is 25.9. The van der Waals surface area contributed by atoms with Crippen LogP contribution in [0.2, 0.25) is 0 Å². The third-order valence-corrected chi connectivity index (χ3v) is 7.19. The smallest absolute Gasteiger partial charge is 0.261 e. The van der Waals surface area contributed by atoms with Crippen LogP contribution in [-0.2, 0) is 10.0 Å². The lowest BCUT2D eigenvalue weighted by Gasteiger charge is -2.23. The molecule has 1 aliphatic rings. The van der Waals surface area contributed by atoms with Crippen LogP contribution in [0.3, 0.4) is 0 Å². The fourth-order valence-corrected chi connectivity index (χ4v) is 5.10. The second-order valence-corrected chi connectivity index (χ2v) is 9.99. The molecule has 0 bridgehead atoms. The maximum absolute atomic E-state index is 12.9. The highest BCUT2D eigenvalue weighted by atomic mass is 32.2. The minimum Gasteiger partial charge on any atom is -0.349 e. The molecule has 3 aromatic carbocycles. The topological polar surface area (TPSA) is 104 Å². The van der Waals surface area contributed by atoms with Gasteiger partial charge in [0, 0.05) is 17.3 Å². The third kappa shape index (κ3) is 5.82. The van der Waals surface area contributed by atoms with E-state index in [1.807, 2.05) is 0 Å². The lowest BCUT2D eigenvalue weighted by Crippen LogP contribution is -2.36. The van der Waals surface area contributed by atoms with Crippen molar-refractivity contribution in [2.45, 2.75) is 43.0 Å². The number of hydrogen-bond acceptors (Lipinski definition) is 4.